The molecule has 2 aromatic carbocycles. The quantitative estimate of drug-likeness (QED) is 0.772. The zero-order valence-electron chi connectivity index (χ0n) is 16.0. The second kappa shape index (κ2) is 9.21. The Kier molecular flexibility index (Phi) is 6.70. The van der Waals surface area contributed by atoms with E-state index < -0.39 is 10.0 Å². The molecule has 1 aliphatic heterocycles. The van der Waals surface area contributed by atoms with Crippen molar-refractivity contribution in [2.24, 2.45) is 5.92 Å². The van der Waals surface area contributed by atoms with Crippen molar-refractivity contribution >= 4 is 15.9 Å². The van der Waals surface area contributed by atoms with Crippen LogP contribution in [-0.2, 0) is 27.1 Å². The number of sulfonamides is 1. The topological polar surface area (TPSA) is 75.7 Å². The molecule has 1 N–H and O–H groups in total. The first-order chi connectivity index (χ1) is 13.5. The van der Waals surface area contributed by atoms with Crippen molar-refractivity contribution < 1.29 is 17.9 Å². The van der Waals surface area contributed by atoms with Gasteiger partial charge in [-0.15, -0.1) is 0 Å². The van der Waals surface area contributed by atoms with Gasteiger partial charge in [-0.05, 0) is 24.5 Å². The number of carbonyl (C=O) groups is 1. The second-order valence-corrected chi connectivity index (χ2v) is 8.94. The molecule has 0 aliphatic carbocycles. The molecular weight excluding hydrogens is 376 g/mol. The lowest BCUT2D eigenvalue weighted by Crippen LogP contribution is -2.45. The van der Waals surface area contributed by atoms with Crippen LogP contribution >= 0.6 is 0 Å². The first kappa shape index (κ1) is 20.4. The van der Waals surface area contributed by atoms with E-state index in [1.165, 1.54) is 4.31 Å². The number of ether oxygens (including phenoxy) is 1. The minimum absolute atomic E-state index is 0.0383. The highest BCUT2D eigenvalue weighted by atomic mass is 32.2. The number of benzene rings is 2. The average molecular weight is 403 g/mol. The Balaban J connectivity index is 1.60. The van der Waals surface area contributed by atoms with Gasteiger partial charge in [0.25, 0.3) is 0 Å². The van der Waals surface area contributed by atoms with Crippen molar-refractivity contribution in [2.75, 3.05) is 20.2 Å². The Morgan fingerprint density at radius 2 is 1.86 bits per heavy atom. The number of nitrogens with one attached hydrogen (secondary N) is 1. The Morgan fingerprint density at radius 3 is 2.61 bits per heavy atom. The minimum atomic E-state index is -3.45. The molecule has 7 heteroatoms. The molecule has 0 saturated carbocycles. The van der Waals surface area contributed by atoms with Gasteiger partial charge in [-0.2, -0.15) is 0 Å². The maximum atomic E-state index is 12.8. The molecule has 2 aromatic rings. The first-order valence-electron chi connectivity index (χ1n) is 9.41. The number of nitrogens with zero attached hydrogens (tertiary/aromatic N) is 1. The molecule has 1 unspecified atom stereocenters. The van der Waals surface area contributed by atoms with Gasteiger partial charge in [0.15, 0.2) is 0 Å². The molecule has 1 saturated heterocycles. The number of para-hydroxylation sites is 1. The van der Waals surface area contributed by atoms with E-state index in [2.05, 4.69) is 5.32 Å². The largest absolute Gasteiger partial charge is 0.496 e. The highest BCUT2D eigenvalue weighted by Crippen LogP contribution is 2.22. The Bertz CT molecular complexity index is 900. The summed E-state index contributed by atoms with van der Waals surface area (Å²) in [4.78, 5) is 12.6. The fraction of sp³-hybridized carbons (Fsp3) is 0.381. The lowest BCUT2D eigenvalue weighted by molar-refractivity contribution is -0.126. The van der Waals surface area contributed by atoms with Crippen LogP contribution in [0.4, 0.5) is 0 Å². The highest BCUT2D eigenvalue weighted by molar-refractivity contribution is 7.88. The maximum Gasteiger partial charge on any atom is 0.224 e. The van der Waals surface area contributed by atoms with E-state index in [4.69, 9.17) is 4.74 Å². The SMILES string of the molecule is COc1ccccc1CNC(=O)C1CCCN(S(=O)(=O)Cc2ccccc2)C1. The van der Waals surface area contributed by atoms with E-state index in [0.717, 1.165) is 16.9 Å². The smallest absolute Gasteiger partial charge is 0.224 e. The molecule has 1 fully saturated rings. The van der Waals surface area contributed by atoms with E-state index in [9.17, 15) is 13.2 Å². The first-order valence-corrected chi connectivity index (χ1v) is 11.0. The third kappa shape index (κ3) is 5.11. The van der Waals surface area contributed by atoms with Crippen LogP contribution < -0.4 is 10.1 Å². The number of amides is 1. The summed E-state index contributed by atoms with van der Waals surface area (Å²) in [5.41, 5.74) is 1.65. The minimum Gasteiger partial charge on any atom is -0.496 e. The van der Waals surface area contributed by atoms with E-state index >= 15 is 0 Å². The van der Waals surface area contributed by atoms with Gasteiger partial charge in [-0.3, -0.25) is 4.79 Å². The van der Waals surface area contributed by atoms with Crippen LogP contribution in [0, 0.1) is 5.92 Å². The number of methoxy groups -OCH3 is 1. The summed E-state index contributed by atoms with van der Waals surface area (Å²) in [5.74, 6) is 0.224. The summed E-state index contributed by atoms with van der Waals surface area (Å²) in [5, 5.41) is 2.92. The van der Waals surface area contributed by atoms with Crippen LogP contribution in [0.25, 0.3) is 0 Å². The van der Waals surface area contributed by atoms with E-state index in [1.807, 2.05) is 42.5 Å². The van der Waals surface area contributed by atoms with Gasteiger partial charge in [-0.25, -0.2) is 12.7 Å². The van der Waals surface area contributed by atoms with E-state index in [0.29, 0.717) is 25.9 Å². The van der Waals surface area contributed by atoms with Crippen molar-refractivity contribution in [2.45, 2.75) is 25.1 Å². The van der Waals surface area contributed by atoms with E-state index in [-0.39, 0.29) is 24.1 Å². The summed E-state index contributed by atoms with van der Waals surface area (Å²) in [7, 11) is -1.85. The number of carbonyl (C=O) groups excluding carboxylic acids is 1. The van der Waals surface area contributed by atoms with Gasteiger partial charge in [0.2, 0.25) is 15.9 Å². The molecular formula is C21H26N2O4S. The van der Waals surface area contributed by atoms with Crippen molar-refractivity contribution in [3.05, 3.63) is 65.7 Å². The number of hydrogen-bond acceptors (Lipinski definition) is 4. The summed E-state index contributed by atoms with van der Waals surface area (Å²) in [6.07, 6.45) is 1.37. The molecule has 1 heterocycles. The van der Waals surface area contributed by atoms with Crippen molar-refractivity contribution in [1.82, 2.24) is 9.62 Å². The molecule has 1 amide bonds. The van der Waals surface area contributed by atoms with Crippen LogP contribution in [0.15, 0.2) is 54.6 Å². The zero-order valence-corrected chi connectivity index (χ0v) is 16.8. The Morgan fingerprint density at radius 1 is 1.14 bits per heavy atom. The zero-order chi connectivity index (χ0) is 20.0. The fourth-order valence-electron chi connectivity index (χ4n) is 3.46. The van der Waals surface area contributed by atoms with Gasteiger partial charge in [-0.1, -0.05) is 48.5 Å². The Labute approximate surface area is 166 Å². The van der Waals surface area contributed by atoms with Gasteiger partial charge in [0, 0.05) is 25.2 Å². The molecule has 0 bridgehead atoms. The monoisotopic (exact) mass is 402 g/mol. The van der Waals surface area contributed by atoms with Gasteiger partial charge in [0.05, 0.1) is 18.8 Å². The predicted octanol–water partition coefficient (Wildman–Crippen LogP) is 2.55. The molecule has 6 nitrogen and oxygen atoms in total. The fourth-order valence-corrected chi connectivity index (χ4v) is 5.07. The van der Waals surface area contributed by atoms with Crippen molar-refractivity contribution in [3.63, 3.8) is 0 Å². The third-order valence-electron chi connectivity index (χ3n) is 4.99. The number of piperidine rings is 1. The van der Waals surface area contributed by atoms with Crippen LogP contribution in [0.5, 0.6) is 5.75 Å². The van der Waals surface area contributed by atoms with Crippen molar-refractivity contribution in [3.8, 4) is 5.75 Å². The normalized spacial score (nSPS) is 17.8. The lowest BCUT2D eigenvalue weighted by Gasteiger charge is -2.31. The van der Waals surface area contributed by atoms with E-state index in [1.54, 1.807) is 19.2 Å². The summed E-state index contributed by atoms with van der Waals surface area (Å²) in [6.45, 7) is 1.05. The molecule has 150 valence electrons. The predicted molar refractivity (Wildman–Crippen MR) is 108 cm³/mol. The average Bonchev–Trinajstić information content (AvgIpc) is 2.72. The number of hydrogen-bond donors (Lipinski definition) is 1. The van der Waals surface area contributed by atoms with Crippen LogP contribution in [0.2, 0.25) is 0 Å². The molecule has 3 rings (SSSR count). The standard InChI is InChI=1S/C21H26N2O4S/c1-27-20-12-6-5-10-18(20)14-22-21(24)19-11-7-13-23(15-19)28(25,26)16-17-8-3-2-4-9-17/h2-6,8-10,12,19H,7,11,13-16H2,1H3,(H,22,24). The molecule has 1 aliphatic rings. The summed E-state index contributed by atoms with van der Waals surface area (Å²) < 4.78 is 32.3. The van der Waals surface area contributed by atoms with Crippen LogP contribution in [-0.4, -0.2) is 38.8 Å². The van der Waals surface area contributed by atoms with Crippen molar-refractivity contribution in [1.29, 1.82) is 0 Å². The van der Waals surface area contributed by atoms with Gasteiger partial charge < -0.3 is 10.1 Å². The van der Waals surface area contributed by atoms with Gasteiger partial charge >= 0.3 is 0 Å². The molecule has 0 aromatic heterocycles. The molecule has 1 atom stereocenters. The highest BCUT2D eigenvalue weighted by Gasteiger charge is 2.32. The van der Waals surface area contributed by atoms with Crippen LogP contribution in [0.3, 0.4) is 0 Å². The van der Waals surface area contributed by atoms with Gasteiger partial charge in [0.1, 0.15) is 5.75 Å². The lowest BCUT2D eigenvalue weighted by atomic mass is 9.98. The maximum absolute atomic E-state index is 12.8. The number of rotatable bonds is 7. The second-order valence-electron chi connectivity index (χ2n) is 6.97. The summed E-state index contributed by atoms with van der Waals surface area (Å²) in [6, 6.07) is 16.6. The molecule has 0 radical (unpaired) electrons. The Hall–Kier alpha value is -2.38. The third-order valence-corrected chi connectivity index (χ3v) is 6.80. The summed E-state index contributed by atoms with van der Waals surface area (Å²) >= 11 is 0. The van der Waals surface area contributed by atoms with Crippen LogP contribution in [0.1, 0.15) is 24.0 Å². The molecule has 0 spiro atoms. The molecule has 28 heavy (non-hydrogen) atoms.